The lowest BCUT2D eigenvalue weighted by Gasteiger charge is -2.17. The zero-order chi connectivity index (χ0) is 19.5. The van der Waals surface area contributed by atoms with Crippen LogP contribution in [0.25, 0.3) is 33.2 Å². The van der Waals surface area contributed by atoms with Gasteiger partial charge in [-0.15, -0.1) is 0 Å². The fraction of sp³-hybridized carbons (Fsp3) is 0.286. The van der Waals surface area contributed by atoms with Crippen LogP contribution in [0.5, 0.6) is 5.88 Å². The van der Waals surface area contributed by atoms with Crippen molar-refractivity contribution in [2.75, 3.05) is 31.5 Å². The topological polar surface area (TPSA) is 90.0 Å². The van der Waals surface area contributed by atoms with Crippen LogP contribution in [0.4, 0.5) is 5.95 Å². The van der Waals surface area contributed by atoms with Crippen molar-refractivity contribution in [2.45, 2.75) is 13.8 Å². The van der Waals surface area contributed by atoms with E-state index in [1.165, 1.54) is 0 Å². The minimum atomic E-state index is 0.0485. The molecule has 0 saturated carbocycles. The van der Waals surface area contributed by atoms with Crippen LogP contribution in [-0.2, 0) is 0 Å². The number of nitrogens with one attached hydrogen (secondary N) is 2. The Kier molecular flexibility index (Phi) is 5.08. The van der Waals surface area contributed by atoms with E-state index < -0.39 is 0 Å². The Morgan fingerprint density at radius 1 is 1.07 bits per heavy atom. The average molecular weight is 376 g/mol. The van der Waals surface area contributed by atoms with Gasteiger partial charge in [-0.05, 0) is 25.2 Å². The highest BCUT2D eigenvalue weighted by atomic mass is 16.3. The number of anilines is 1. The van der Waals surface area contributed by atoms with Crippen LogP contribution < -0.4 is 5.32 Å². The number of H-pyrrole nitrogens is 1. The Hall–Kier alpha value is -3.19. The van der Waals surface area contributed by atoms with Crippen LogP contribution in [0.1, 0.15) is 13.8 Å². The summed E-state index contributed by atoms with van der Waals surface area (Å²) in [6, 6.07) is 11.8. The average Bonchev–Trinajstić information content (AvgIpc) is 3.06. The van der Waals surface area contributed by atoms with Gasteiger partial charge in [-0.1, -0.05) is 38.1 Å². The number of rotatable bonds is 7. The second-order valence-corrected chi connectivity index (χ2v) is 6.65. The number of nitrogens with zero attached hydrogens (tertiary/aromatic N) is 4. The number of hydrogen-bond acceptors (Lipinski definition) is 6. The first-order chi connectivity index (χ1) is 13.7. The van der Waals surface area contributed by atoms with Gasteiger partial charge in [-0.2, -0.15) is 0 Å². The van der Waals surface area contributed by atoms with E-state index in [1.807, 2.05) is 36.4 Å². The first-order valence-corrected chi connectivity index (χ1v) is 9.59. The van der Waals surface area contributed by atoms with E-state index in [-0.39, 0.29) is 5.88 Å². The van der Waals surface area contributed by atoms with E-state index in [0.717, 1.165) is 37.1 Å². The second kappa shape index (κ2) is 7.82. The molecule has 0 fully saturated rings. The zero-order valence-corrected chi connectivity index (χ0v) is 16.1. The third-order valence-corrected chi connectivity index (χ3v) is 4.98. The van der Waals surface area contributed by atoms with Gasteiger partial charge in [0.05, 0.1) is 28.5 Å². The minimum absolute atomic E-state index is 0.0485. The molecule has 3 heterocycles. The lowest BCUT2D eigenvalue weighted by molar-refractivity contribution is 0.316. The molecule has 4 aromatic rings. The van der Waals surface area contributed by atoms with Crippen molar-refractivity contribution >= 4 is 27.9 Å². The summed E-state index contributed by atoms with van der Waals surface area (Å²) in [5, 5.41) is 14.8. The number of fused-ring (bicyclic) bond motifs is 2. The van der Waals surface area contributed by atoms with E-state index >= 15 is 0 Å². The Bertz CT molecular complexity index is 1100. The molecular formula is C21H24N6O. The summed E-state index contributed by atoms with van der Waals surface area (Å²) >= 11 is 0. The van der Waals surface area contributed by atoms with Crippen molar-refractivity contribution in [3.05, 3.63) is 42.6 Å². The summed E-state index contributed by atoms with van der Waals surface area (Å²) in [5.74, 6) is 0.591. The highest BCUT2D eigenvalue weighted by molar-refractivity contribution is 5.96. The summed E-state index contributed by atoms with van der Waals surface area (Å²) in [5.41, 5.74) is 3.47. The fourth-order valence-electron chi connectivity index (χ4n) is 3.36. The Balaban J connectivity index is 1.66. The number of aromatic hydroxyl groups is 1. The first-order valence-electron chi connectivity index (χ1n) is 9.59. The minimum Gasteiger partial charge on any atom is -0.494 e. The standard InChI is InChI=1S/C21H24N6O/c1-3-27(4-2)12-11-22-21-23-13-17-19(26-21)18(20(28)25-17)16-10-9-14-7-5-6-8-15(14)24-16/h5-10,13,25,28H,3-4,11-12H2,1-2H3,(H,22,23,26). The third-order valence-electron chi connectivity index (χ3n) is 4.98. The van der Waals surface area contributed by atoms with Crippen molar-refractivity contribution in [3.63, 3.8) is 0 Å². The van der Waals surface area contributed by atoms with Crippen LogP contribution in [0.3, 0.4) is 0 Å². The molecule has 3 aromatic heterocycles. The molecule has 0 unspecified atom stereocenters. The molecular weight excluding hydrogens is 352 g/mol. The maximum atomic E-state index is 10.5. The molecule has 0 spiro atoms. The molecule has 28 heavy (non-hydrogen) atoms. The molecule has 0 saturated heterocycles. The SMILES string of the molecule is CCN(CC)CCNc1ncc2[nH]c(O)c(-c3ccc4ccccc4n3)c2n1. The summed E-state index contributed by atoms with van der Waals surface area (Å²) in [6.07, 6.45) is 1.69. The van der Waals surface area contributed by atoms with Crippen molar-refractivity contribution in [3.8, 4) is 17.1 Å². The Morgan fingerprint density at radius 2 is 1.89 bits per heavy atom. The molecule has 0 aliphatic carbocycles. The monoisotopic (exact) mass is 376 g/mol. The molecule has 144 valence electrons. The van der Waals surface area contributed by atoms with Gasteiger partial charge >= 0.3 is 0 Å². The van der Waals surface area contributed by atoms with Crippen LogP contribution in [-0.4, -0.2) is 56.1 Å². The molecule has 0 aliphatic heterocycles. The molecule has 0 bridgehead atoms. The van der Waals surface area contributed by atoms with Crippen LogP contribution in [0, 0.1) is 0 Å². The van der Waals surface area contributed by atoms with Crippen LogP contribution in [0.2, 0.25) is 0 Å². The molecule has 0 aliphatic rings. The number of benzene rings is 1. The molecule has 0 atom stereocenters. The van der Waals surface area contributed by atoms with Gasteiger partial charge in [0.2, 0.25) is 11.8 Å². The number of aromatic nitrogens is 4. The van der Waals surface area contributed by atoms with E-state index in [1.54, 1.807) is 6.20 Å². The lowest BCUT2D eigenvalue weighted by atomic mass is 10.1. The van der Waals surface area contributed by atoms with E-state index in [2.05, 4.69) is 39.0 Å². The predicted octanol–water partition coefficient (Wildman–Crippen LogP) is 3.63. The van der Waals surface area contributed by atoms with Crippen LogP contribution in [0.15, 0.2) is 42.6 Å². The molecule has 4 rings (SSSR count). The predicted molar refractivity (Wildman–Crippen MR) is 113 cm³/mol. The normalized spacial score (nSPS) is 11.5. The molecule has 7 nitrogen and oxygen atoms in total. The van der Waals surface area contributed by atoms with Gasteiger partial charge in [0.15, 0.2) is 0 Å². The van der Waals surface area contributed by atoms with Gasteiger partial charge in [0.1, 0.15) is 5.52 Å². The number of aromatic amines is 1. The van der Waals surface area contributed by atoms with Crippen LogP contribution >= 0.6 is 0 Å². The Labute approximate surface area is 163 Å². The summed E-state index contributed by atoms with van der Waals surface area (Å²) in [7, 11) is 0. The number of hydrogen-bond donors (Lipinski definition) is 3. The van der Waals surface area contributed by atoms with Gasteiger partial charge in [0.25, 0.3) is 0 Å². The number of pyridine rings is 1. The van der Waals surface area contributed by atoms with E-state index in [0.29, 0.717) is 28.2 Å². The number of para-hydroxylation sites is 1. The summed E-state index contributed by atoms with van der Waals surface area (Å²) < 4.78 is 0. The number of likely N-dealkylation sites (N-methyl/N-ethyl adjacent to an activating group) is 1. The van der Waals surface area contributed by atoms with Crippen molar-refractivity contribution in [1.82, 2.24) is 24.8 Å². The molecule has 3 N–H and O–H groups in total. The Morgan fingerprint density at radius 3 is 2.71 bits per heavy atom. The van der Waals surface area contributed by atoms with Gasteiger partial charge in [0, 0.05) is 18.5 Å². The maximum absolute atomic E-state index is 10.5. The third kappa shape index (κ3) is 3.48. The lowest BCUT2D eigenvalue weighted by Crippen LogP contribution is -2.28. The van der Waals surface area contributed by atoms with Crippen molar-refractivity contribution < 1.29 is 5.11 Å². The van der Waals surface area contributed by atoms with Crippen molar-refractivity contribution in [2.24, 2.45) is 0 Å². The molecule has 0 amide bonds. The van der Waals surface area contributed by atoms with E-state index in [4.69, 9.17) is 4.98 Å². The second-order valence-electron chi connectivity index (χ2n) is 6.65. The first kappa shape index (κ1) is 18.2. The largest absolute Gasteiger partial charge is 0.494 e. The molecule has 7 heteroatoms. The van der Waals surface area contributed by atoms with E-state index in [9.17, 15) is 5.11 Å². The zero-order valence-electron chi connectivity index (χ0n) is 16.1. The maximum Gasteiger partial charge on any atom is 0.223 e. The van der Waals surface area contributed by atoms with Crippen molar-refractivity contribution in [1.29, 1.82) is 0 Å². The summed E-state index contributed by atoms with van der Waals surface area (Å²) in [6.45, 7) is 8.01. The molecule has 1 aromatic carbocycles. The van der Waals surface area contributed by atoms with Gasteiger partial charge in [-0.3, -0.25) is 0 Å². The van der Waals surface area contributed by atoms with Gasteiger partial charge in [-0.25, -0.2) is 15.0 Å². The quantitative estimate of drug-likeness (QED) is 0.456. The highest BCUT2D eigenvalue weighted by Crippen LogP contribution is 2.35. The molecule has 0 radical (unpaired) electrons. The van der Waals surface area contributed by atoms with Gasteiger partial charge < -0.3 is 20.3 Å². The fourth-order valence-corrected chi connectivity index (χ4v) is 3.36. The highest BCUT2D eigenvalue weighted by Gasteiger charge is 2.17. The summed E-state index contributed by atoms with van der Waals surface area (Å²) in [4.78, 5) is 19.0. The smallest absolute Gasteiger partial charge is 0.223 e.